The summed E-state index contributed by atoms with van der Waals surface area (Å²) >= 11 is 0. The lowest BCUT2D eigenvalue weighted by molar-refractivity contribution is 0.121. The van der Waals surface area contributed by atoms with Gasteiger partial charge in [-0.1, -0.05) is 13.0 Å². The second-order valence-electron chi connectivity index (χ2n) is 3.63. The molecule has 0 atom stereocenters. The van der Waals surface area contributed by atoms with Crippen molar-refractivity contribution in [2.75, 3.05) is 32.9 Å². The number of benzene rings is 1. The Bertz CT molecular complexity index is 307. The largest absolute Gasteiger partial charge is 0.493 e. The number of likely N-dealkylation sites (N-methyl/N-ethyl adjacent to an activating group) is 1. The van der Waals surface area contributed by atoms with Crippen LogP contribution in [0.5, 0.6) is 5.75 Å². The maximum Gasteiger partial charge on any atom is 0.126 e. The van der Waals surface area contributed by atoms with E-state index in [1.165, 1.54) is 12.1 Å². The van der Waals surface area contributed by atoms with Crippen molar-refractivity contribution in [1.29, 1.82) is 0 Å². The SMILES string of the molecule is CCNCCOCCCOc1cccc(F)c1. The van der Waals surface area contributed by atoms with Crippen LogP contribution in [0.25, 0.3) is 0 Å². The van der Waals surface area contributed by atoms with E-state index in [2.05, 4.69) is 12.2 Å². The third-order valence-corrected chi connectivity index (χ3v) is 2.17. The Morgan fingerprint density at radius 1 is 1.24 bits per heavy atom. The van der Waals surface area contributed by atoms with E-state index >= 15 is 0 Å². The second-order valence-corrected chi connectivity index (χ2v) is 3.63. The van der Waals surface area contributed by atoms with Gasteiger partial charge in [-0.25, -0.2) is 4.39 Å². The zero-order chi connectivity index (χ0) is 12.3. The summed E-state index contributed by atoms with van der Waals surface area (Å²) in [6, 6.07) is 6.16. The molecule has 0 saturated carbocycles. The Kier molecular flexibility index (Phi) is 7.34. The zero-order valence-corrected chi connectivity index (χ0v) is 10.2. The molecule has 0 unspecified atom stereocenters. The lowest BCUT2D eigenvalue weighted by Gasteiger charge is -2.07. The summed E-state index contributed by atoms with van der Waals surface area (Å²) < 4.78 is 23.6. The van der Waals surface area contributed by atoms with Gasteiger partial charge in [0.15, 0.2) is 0 Å². The number of ether oxygens (including phenoxy) is 2. The maximum absolute atomic E-state index is 12.8. The lowest BCUT2D eigenvalue weighted by atomic mass is 10.3. The van der Waals surface area contributed by atoms with Gasteiger partial charge in [-0.2, -0.15) is 0 Å². The zero-order valence-electron chi connectivity index (χ0n) is 10.2. The average molecular weight is 241 g/mol. The minimum atomic E-state index is -0.274. The summed E-state index contributed by atoms with van der Waals surface area (Å²) in [5.74, 6) is 0.294. The number of rotatable bonds is 9. The Morgan fingerprint density at radius 3 is 2.88 bits per heavy atom. The van der Waals surface area contributed by atoms with Gasteiger partial charge in [-0.15, -0.1) is 0 Å². The first-order valence-corrected chi connectivity index (χ1v) is 5.99. The molecule has 0 spiro atoms. The van der Waals surface area contributed by atoms with Crippen molar-refractivity contribution in [2.45, 2.75) is 13.3 Å². The van der Waals surface area contributed by atoms with Crippen LogP contribution in [0.1, 0.15) is 13.3 Å². The van der Waals surface area contributed by atoms with E-state index < -0.39 is 0 Å². The van der Waals surface area contributed by atoms with Crippen LogP contribution in [0.15, 0.2) is 24.3 Å². The fourth-order valence-electron chi connectivity index (χ4n) is 1.33. The normalized spacial score (nSPS) is 10.5. The second kappa shape index (κ2) is 8.96. The Hall–Kier alpha value is -1.13. The summed E-state index contributed by atoms with van der Waals surface area (Å²) in [4.78, 5) is 0. The van der Waals surface area contributed by atoms with E-state index in [1.807, 2.05) is 0 Å². The molecule has 0 aliphatic carbocycles. The standard InChI is InChI=1S/C13H20FNO2/c1-2-15-7-10-16-8-4-9-17-13-6-3-5-12(14)11-13/h3,5-6,11,15H,2,4,7-10H2,1H3. The van der Waals surface area contributed by atoms with Crippen LogP contribution in [0.4, 0.5) is 4.39 Å². The van der Waals surface area contributed by atoms with E-state index in [1.54, 1.807) is 12.1 Å². The van der Waals surface area contributed by atoms with Crippen LogP contribution in [0.2, 0.25) is 0 Å². The first kappa shape index (κ1) is 13.9. The molecule has 1 aromatic carbocycles. The summed E-state index contributed by atoms with van der Waals surface area (Å²) in [5.41, 5.74) is 0. The molecule has 0 heterocycles. The van der Waals surface area contributed by atoms with Crippen LogP contribution in [0.3, 0.4) is 0 Å². The van der Waals surface area contributed by atoms with E-state index in [4.69, 9.17) is 9.47 Å². The molecule has 0 amide bonds. The smallest absolute Gasteiger partial charge is 0.126 e. The summed E-state index contributed by atoms with van der Waals surface area (Å²) in [6.45, 7) is 5.83. The monoisotopic (exact) mass is 241 g/mol. The average Bonchev–Trinajstić information content (AvgIpc) is 2.33. The van der Waals surface area contributed by atoms with Crippen molar-refractivity contribution < 1.29 is 13.9 Å². The third kappa shape index (κ3) is 6.92. The highest BCUT2D eigenvalue weighted by molar-refractivity contribution is 5.22. The highest BCUT2D eigenvalue weighted by Crippen LogP contribution is 2.11. The highest BCUT2D eigenvalue weighted by atomic mass is 19.1. The van der Waals surface area contributed by atoms with Gasteiger partial charge in [0, 0.05) is 25.6 Å². The van der Waals surface area contributed by atoms with Crippen molar-refractivity contribution >= 4 is 0 Å². The predicted octanol–water partition coefficient (Wildman–Crippen LogP) is 2.22. The fourth-order valence-corrected chi connectivity index (χ4v) is 1.33. The lowest BCUT2D eigenvalue weighted by Crippen LogP contribution is -2.19. The molecule has 0 saturated heterocycles. The minimum Gasteiger partial charge on any atom is -0.493 e. The number of halogens is 1. The molecular weight excluding hydrogens is 221 g/mol. The van der Waals surface area contributed by atoms with E-state index in [0.717, 1.165) is 19.5 Å². The van der Waals surface area contributed by atoms with Crippen molar-refractivity contribution in [3.8, 4) is 5.75 Å². The summed E-state index contributed by atoms with van der Waals surface area (Å²) in [5, 5.41) is 3.17. The summed E-state index contributed by atoms with van der Waals surface area (Å²) in [7, 11) is 0. The molecule has 0 bridgehead atoms. The molecule has 0 radical (unpaired) electrons. The molecule has 1 aromatic rings. The van der Waals surface area contributed by atoms with Crippen LogP contribution in [0, 0.1) is 5.82 Å². The van der Waals surface area contributed by atoms with E-state index in [0.29, 0.717) is 25.6 Å². The Balaban J connectivity index is 1.97. The topological polar surface area (TPSA) is 30.5 Å². The van der Waals surface area contributed by atoms with Crippen LogP contribution in [-0.2, 0) is 4.74 Å². The highest BCUT2D eigenvalue weighted by Gasteiger charge is 1.95. The minimum absolute atomic E-state index is 0.274. The van der Waals surface area contributed by atoms with Gasteiger partial charge in [0.05, 0.1) is 13.2 Å². The van der Waals surface area contributed by atoms with Gasteiger partial charge in [0.1, 0.15) is 11.6 Å². The van der Waals surface area contributed by atoms with Gasteiger partial charge in [-0.05, 0) is 18.7 Å². The third-order valence-electron chi connectivity index (χ3n) is 2.17. The molecule has 4 heteroatoms. The quantitative estimate of drug-likeness (QED) is 0.672. The number of hydrogen-bond donors (Lipinski definition) is 1. The van der Waals surface area contributed by atoms with Crippen molar-refractivity contribution in [3.63, 3.8) is 0 Å². The van der Waals surface area contributed by atoms with Gasteiger partial charge in [-0.3, -0.25) is 0 Å². The molecule has 0 aliphatic rings. The summed E-state index contributed by atoms with van der Waals surface area (Å²) in [6.07, 6.45) is 0.808. The van der Waals surface area contributed by atoms with E-state index in [9.17, 15) is 4.39 Å². The van der Waals surface area contributed by atoms with Gasteiger partial charge in [0.2, 0.25) is 0 Å². The molecule has 1 N–H and O–H groups in total. The predicted molar refractivity (Wildman–Crippen MR) is 65.9 cm³/mol. The molecule has 0 aromatic heterocycles. The fraction of sp³-hybridized carbons (Fsp3) is 0.538. The molecule has 17 heavy (non-hydrogen) atoms. The molecular formula is C13H20FNO2. The van der Waals surface area contributed by atoms with E-state index in [-0.39, 0.29) is 5.82 Å². The number of hydrogen-bond acceptors (Lipinski definition) is 3. The van der Waals surface area contributed by atoms with Crippen molar-refractivity contribution in [1.82, 2.24) is 5.32 Å². The van der Waals surface area contributed by atoms with Gasteiger partial charge >= 0.3 is 0 Å². The molecule has 1 rings (SSSR count). The maximum atomic E-state index is 12.8. The van der Waals surface area contributed by atoms with Crippen LogP contribution >= 0.6 is 0 Å². The van der Waals surface area contributed by atoms with Gasteiger partial charge in [0.25, 0.3) is 0 Å². The van der Waals surface area contributed by atoms with Crippen molar-refractivity contribution in [3.05, 3.63) is 30.1 Å². The Labute approximate surface area is 102 Å². The molecule has 0 aliphatic heterocycles. The van der Waals surface area contributed by atoms with Crippen LogP contribution in [-0.4, -0.2) is 32.9 Å². The van der Waals surface area contributed by atoms with Crippen molar-refractivity contribution in [2.24, 2.45) is 0 Å². The molecule has 3 nitrogen and oxygen atoms in total. The first-order chi connectivity index (χ1) is 8.33. The van der Waals surface area contributed by atoms with Gasteiger partial charge < -0.3 is 14.8 Å². The number of nitrogens with one attached hydrogen (secondary N) is 1. The Morgan fingerprint density at radius 2 is 2.12 bits per heavy atom. The molecule has 96 valence electrons. The first-order valence-electron chi connectivity index (χ1n) is 5.99. The molecule has 0 fully saturated rings. The van der Waals surface area contributed by atoms with Crippen LogP contribution < -0.4 is 10.1 Å².